The molecule has 3 aromatic heterocycles. The zero-order chi connectivity index (χ0) is 23.5. The van der Waals surface area contributed by atoms with E-state index in [0.717, 1.165) is 62.2 Å². The molecule has 5 rings (SSSR count). The first kappa shape index (κ1) is 22.5. The highest BCUT2D eigenvalue weighted by molar-refractivity contribution is 5.98. The number of methoxy groups -OCH3 is 1. The largest absolute Gasteiger partial charge is 0.381 e. The first-order valence-corrected chi connectivity index (χ1v) is 11.9. The number of fused-ring (bicyclic) bond motifs is 3. The minimum atomic E-state index is -0.0791. The molecule has 10 nitrogen and oxygen atoms in total. The van der Waals surface area contributed by atoms with E-state index in [0.29, 0.717) is 30.5 Å². The van der Waals surface area contributed by atoms with Crippen molar-refractivity contribution in [1.29, 1.82) is 0 Å². The summed E-state index contributed by atoms with van der Waals surface area (Å²) in [7, 11) is 3.89. The van der Waals surface area contributed by atoms with Crippen molar-refractivity contribution in [1.82, 2.24) is 29.7 Å². The van der Waals surface area contributed by atoms with Gasteiger partial charge >= 0.3 is 0 Å². The molecule has 0 aliphatic carbocycles. The molecule has 3 aromatic rings. The predicted octanol–water partition coefficient (Wildman–Crippen LogP) is 2.25. The van der Waals surface area contributed by atoms with Gasteiger partial charge in [-0.05, 0) is 44.5 Å². The van der Waals surface area contributed by atoms with E-state index in [2.05, 4.69) is 43.5 Å². The van der Waals surface area contributed by atoms with Gasteiger partial charge in [0, 0.05) is 58.0 Å². The van der Waals surface area contributed by atoms with Crippen molar-refractivity contribution >= 4 is 34.4 Å². The van der Waals surface area contributed by atoms with Crippen LogP contribution in [0.25, 0.3) is 11.0 Å². The number of piperazine rings is 1. The number of aryl methyl sites for hydroxylation is 1. The second kappa shape index (κ2) is 9.94. The van der Waals surface area contributed by atoms with Crippen molar-refractivity contribution in [2.45, 2.75) is 31.9 Å². The second-order valence-corrected chi connectivity index (χ2v) is 9.02. The van der Waals surface area contributed by atoms with Gasteiger partial charge in [0.25, 0.3) is 5.91 Å². The van der Waals surface area contributed by atoms with Crippen LogP contribution >= 0.6 is 0 Å². The minimum Gasteiger partial charge on any atom is -0.381 e. The van der Waals surface area contributed by atoms with Crippen LogP contribution in [-0.4, -0.2) is 83.3 Å². The normalized spacial score (nSPS) is 20.1. The van der Waals surface area contributed by atoms with Gasteiger partial charge in [0.1, 0.15) is 17.2 Å². The van der Waals surface area contributed by atoms with Gasteiger partial charge in [0.15, 0.2) is 0 Å². The average molecular weight is 465 g/mol. The summed E-state index contributed by atoms with van der Waals surface area (Å²) in [6.07, 6.45) is 6.44. The smallest absolute Gasteiger partial charge is 0.267 e. The summed E-state index contributed by atoms with van der Waals surface area (Å²) >= 11 is 0. The number of carbonyl (C=O) groups excluding carboxylic acids is 1. The summed E-state index contributed by atoms with van der Waals surface area (Å²) in [5.74, 6) is 1.06. The van der Waals surface area contributed by atoms with Gasteiger partial charge in [-0.1, -0.05) is 0 Å². The molecule has 2 aliphatic rings. The molecule has 0 aromatic carbocycles. The number of hydrogen-bond acceptors (Lipinski definition) is 8. The third-order valence-electron chi connectivity index (χ3n) is 6.72. The van der Waals surface area contributed by atoms with Crippen LogP contribution in [0.1, 0.15) is 29.8 Å². The predicted molar refractivity (Wildman–Crippen MR) is 132 cm³/mol. The van der Waals surface area contributed by atoms with E-state index in [-0.39, 0.29) is 12.0 Å². The zero-order valence-corrected chi connectivity index (χ0v) is 19.8. The number of likely N-dealkylation sites (N-methyl/N-ethyl adjacent to an activating group) is 1. The number of anilines is 3. The Morgan fingerprint density at radius 1 is 1.09 bits per heavy atom. The van der Waals surface area contributed by atoms with Crippen LogP contribution in [0.2, 0.25) is 0 Å². The quantitative estimate of drug-likeness (QED) is 0.607. The average Bonchev–Trinajstić information content (AvgIpc) is 3.22. The lowest BCUT2D eigenvalue weighted by atomic mass is 10.1. The van der Waals surface area contributed by atoms with Crippen molar-refractivity contribution in [3.8, 4) is 0 Å². The van der Waals surface area contributed by atoms with Gasteiger partial charge in [-0.25, -0.2) is 9.97 Å². The second-order valence-electron chi connectivity index (χ2n) is 9.02. The lowest BCUT2D eigenvalue weighted by molar-refractivity contribution is 0.0784. The van der Waals surface area contributed by atoms with Gasteiger partial charge < -0.3 is 29.7 Å². The molecule has 2 aliphatic heterocycles. The maximum Gasteiger partial charge on any atom is 0.267 e. The van der Waals surface area contributed by atoms with Crippen LogP contribution in [-0.2, 0) is 11.3 Å². The zero-order valence-electron chi connectivity index (χ0n) is 19.8. The first-order valence-electron chi connectivity index (χ1n) is 11.9. The number of amides is 1. The van der Waals surface area contributed by atoms with Gasteiger partial charge in [0.2, 0.25) is 5.95 Å². The Hall–Kier alpha value is -3.24. The summed E-state index contributed by atoms with van der Waals surface area (Å²) in [6.45, 7) is 5.40. The topological polar surface area (TPSA) is 100 Å². The van der Waals surface area contributed by atoms with Crippen molar-refractivity contribution in [2.24, 2.45) is 0 Å². The Kier molecular flexibility index (Phi) is 6.59. The number of nitrogens with one attached hydrogen (secondary N) is 2. The van der Waals surface area contributed by atoms with E-state index in [9.17, 15) is 4.79 Å². The van der Waals surface area contributed by atoms with E-state index in [1.807, 2.05) is 22.9 Å². The minimum absolute atomic E-state index is 0.0791. The van der Waals surface area contributed by atoms with Gasteiger partial charge in [-0.15, -0.1) is 0 Å². The molecule has 1 atom stereocenters. The fourth-order valence-electron chi connectivity index (χ4n) is 4.62. The molecule has 1 fully saturated rings. The third kappa shape index (κ3) is 4.83. The lowest BCUT2D eigenvalue weighted by Crippen LogP contribution is -2.44. The number of aromatic nitrogens is 4. The van der Waals surface area contributed by atoms with E-state index >= 15 is 0 Å². The number of pyridine rings is 1. The van der Waals surface area contributed by atoms with Crippen LogP contribution in [0.5, 0.6) is 0 Å². The van der Waals surface area contributed by atoms with Crippen molar-refractivity contribution in [3.05, 3.63) is 36.3 Å². The summed E-state index contributed by atoms with van der Waals surface area (Å²) in [5.41, 5.74) is 2.45. The molecule has 0 radical (unpaired) electrons. The third-order valence-corrected chi connectivity index (χ3v) is 6.72. The van der Waals surface area contributed by atoms with Gasteiger partial charge in [-0.2, -0.15) is 4.98 Å². The van der Waals surface area contributed by atoms with E-state index < -0.39 is 0 Å². The maximum absolute atomic E-state index is 12.8. The number of rotatable bonds is 4. The Morgan fingerprint density at radius 2 is 1.94 bits per heavy atom. The monoisotopic (exact) mass is 464 g/mol. The molecule has 5 heterocycles. The molecule has 1 saturated heterocycles. The molecule has 0 saturated carbocycles. The molecule has 1 amide bonds. The van der Waals surface area contributed by atoms with Crippen LogP contribution in [0, 0.1) is 0 Å². The Labute approximate surface area is 199 Å². The van der Waals surface area contributed by atoms with Crippen LogP contribution in [0.15, 0.2) is 30.6 Å². The summed E-state index contributed by atoms with van der Waals surface area (Å²) in [5, 5.41) is 7.06. The summed E-state index contributed by atoms with van der Waals surface area (Å²) in [4.78, 5) is 31.2. The molecule has 0 spiro atoms. The van der Waals surface area contributed by atoms with Gasteiger partial charge in [0.05, 0.1) is 18.0 Å². The van der Waals surface area contributed by atoms with Crippen molar-refractivity contribution in [2.75, 3.05) is 57.1 Å². The van der Waals surface area contributed by atoms with Crippen molar-refractivity contribution in [3.63, 3.8) is 0 Å². The highest BCUT2D eigenvalue weighted by atomic mass is 16.5. The molecular formula is C24H32N8O2. The van der Waals surface area contributed by atoms with Crippen LogP contribution < -0.4 is 15.5 Å². The molecule has 10 heteroatoms. The van der Waals surface area contributed by atoms with E-state index in [1.54, 1.807) is 13.3 Å². The number of carbonyl (C=O) groups is 1. The van der Waals surface area contributed by atoms with Gasteiger partial charge in [-0.3, -0.25) is 4.79 Å². The van der Waals surface area contributed by atoms with Crippen LogP contribution in [0.4, 0.5) is 17.5 Å². The number of hydrogen-bond donors (Lipinski definition) is 2. The molecular weight excluding hydrogens is 432 g/mol. The van der Waals surface area contributed by atoms with Crippen LogP contribution in [0.3, 0.4) is 0 Å². The van der Waals surface area contributed by atoms with Crippen molar-refractivity contribution < 1.29 is 9.53 Å². The SMILES string of the molecule is CO[C@H]1CCCNC(=O)c2cc3cnc(Nc4ccc(N5CCN(C)CC5)cn4)nc3n2CC1. The molecule has 34 heavy (non-hydrogen) atoms. The lowest BCUT2D eigenvalue weighted by Gasteiger charge is -2.33. The summed E-state index contributed by atoms with van der Waals surface area (Å²) in [6, 6.07) is 5.89. The number of nitrogens with zero attached hydrogens (tertiary/aromatic N) is 6. The fourth-order valence-corrected chi connectivity index (χ4v) is 4.62. The fraction of sp³-hybridized carbons (Fsp3) is 0.500. The highest BCUT2D eigenvalue weighted by Gasteiger charge is 2.20. The van der Waals surface area contributed by atoms with E-state index in [4.69, 9.17) is 9.72 Å². The summed E-state index contributed by atoms with van der Waals surface area (Å²) < 4.78 is 7.60. The Bertz CT molecular complexity index is 1140. The highest BCUT2D eigenvalue weighted by Crippen LogP contribution is 2.23. The first-order chi connectivity index (χ1) is 16.6. The molecule has 180 valence electrons. The molecule has 0 unspecified atom stereocenters. The number of ether oxygens (including phenoxy) is 1. The molecule has 0 bridgehead atoms. The molecule has 2 N–H and O–H groups in total. The van der Waals surface area contributed by atoms with E-state index in [1.165, 1.54) is 0 Å². The Morgan fingerprint density at radius 3 is 2.71 bits per heavy atom. The Balaban J connectivity index is 1.37. The standard InChI is InChI=1S/C24H32N8O2/c1-30-10-12-31(13-11-30)18-5-6-21(26-16-18)28-24-27-15-17-14-20-23(33)25-8-3-4-19(34-2)7-9-32(20)22(17)29-24/h5-6,14-16,19H,3-4,7-13H2,1-2H3,(H,25,33)(H,26,27,28,29)/t19-/m0/s1. The maximum atomic E-state index is 12.8.